The van der Waals surface area contributed by atoms with Crippen LogP contribution in [0.3, 0.4) is 0 Å². The van der Waals surface area contributed by atoms with Crippen molar-refractivity contribution >= 4 is 0 Å². The van der Waals surface area contributed by atoms with Gasteiger partial charge in [0.15, 0.2) is 0 Å². The van der Waals surface area contributed by atoms with Crippen LogP contribution < -0.4 is 0 Å². The number of nitrogens with zero attached hydrogens (tertiary/aromatic N) is 3. The highest BCUT2D eigenvalue weighted by molar-refractivity contribution is 5.20. The number of hydrogen-bond acceptors (Lipinski definition) is 4. The summed E-state index contributed by atoms with van der Waals surface area (Å²) >= 11 is 0. The third kappa shape index (κ3) is 2.14. The van der Waals surface area contributed by atoms with Gasteiger partial charge in [-0.15, -0.1) is 0 Å². The van der Waals surface area contributed by atoms with Crippen LogP contribution in [0, 0.1) is 0 Å². The van der Waals surface area contributed by atoms with Crippen LogP contribution in [0.25, 0.3) is 0 Å². The van der Waals surface area contributed by atoms with E-state index in [1.54, 1.807) is 11.0 Å². The summed E-state index contributed by atoms with van der Waals surface area (Å²) < 4.78 is 13.6. The molecule has 2 aromatic rings. The van der Waals surface area contributed by atoms with Crippen LogP contribution in [0.1, 0.15) is 12.0 Å². The first-order chi connectivity index (χ1) is 8.89. The number of rotatable bonds is 3. The summed E-state index contributed by atoms with van der Waals surface area (Å²) in [6.45, 7) is 1.91. The Balaban J connectivity index is 1.93. The van der Waals surface area contributed by atoms with Gasteiger partial charge in [-0.1, -0.05) is 30.3 Å². The first-order valence-electron chi connectivity index (χ1n) is 6.05. The van der Waals surface area contributed by atoms with Crippen molar-refractivity contribution in [2.75, 3.05) is 13.2 Å². The molecule has 0 N–H and O–H groups in total. The third-order valence-electron chi connectivity index (χ3n) is 3.01. The fourth-order valence-corrected chi connectivity index (χ4v) is 2.14. The molecule has 0 spiro atoms. The van der Waals surface area contributed by atoms with Gasteiger partial charge in [0, 0.05) is 5.56 Å². The maximum absolute atomic E-state index is 5.91. The molecule has 94 valence electrons. The van der Waals surface area contributed by atoms with E-state index in [0.29, 0.717) is 19.8 Å². The summed E-state index contributed by atoms with van der Waals surface area (Å²) in [5.74, 6) is -0.743. The van der Waals surface area contributed by atoms with Crippen molar-refractivity contribution in [3.8, 4) is 0 Å². The Morgan fingerprint density at radius 3 is 2.61 bits per heavy atom. The van der Waals surface area contributed by atoms with Gasteiger partial charge in [0.05, 0.1) is 13.2 Å². The summed E-state index contributed by atoms with van der Waals surface area (Å²) in [6, 6.07) is 9.99. The zero-order valence-electron chi connectivity index (χ0n) is 10.0. The highest BCUT2D eigenvalue weighted by Gasteiger charge is 2.37. The molecular weight excluding hydrogens is 230 g/mol. The fourth-order valence-electron chi connectivity index (χ4n) is 2.14. The lowest BCUT2D eigenvalue weighted by atomic mass is 10.0. The van der Waals surface area contributed by atoms with Crippen LogP contribution in [-0.2, 0) is 21.8 Å². The molecule has 1 saturated heterocycles. The maximum atomic E-state index is 5.91. The predicted molar refractivity (Wildman–Crippen MR) is 64.7 cm³/mol. The van der Waals surface area contributed by atoms with Gasteiger partial charge < -0.3 is 9.47 Å². The van der Waals surface area contributed by atoms with Gasteiger partial charge in [-0.2, -0.15) is 5.10 Å². The van der Waals surface area contributed by atoms with Gasteiger partial charge in [-0.05, 0) is 6.42 Å². The Bertz CT molecular complexity index is 478. The monoisotopic (exact) mass is 245 g/mol. The van der Waals surface area contributed by atoms with Gasteiger partial charge in [-0.3, -0.25) is 0 Å². The first kappa shape index (κ1) is 11.4. The minimum absolute atomic E-state index is 0.511. The van der Waals surface area contributed by atoms with Crippen LogP contribution in [-0.4, -0.2) is 28.0 Å². The molecule has 5 heteroatoms. The van der Waals surface area contributed by atoms with E-state index in [1.807, 2.05) is 30.3 Å². The molecule has 0 saturated carbocycles. The largest absolute Gasteiger partial charge is 0.344 e. The Morgan fingerprint density at radius 1 is 1.17 bits per heavy atom. The zero-order chi connectivity index (χ0) is 12.3. The molecule has 1 aromatic heterocycles. The molecule has 18 heavy (non-hydrogen) atoms. The summed E-state index contributed by atoms with van der Waals surface area (Å²) in [7, 11) is 0. The second kappa shape index (κ2) is 4.88. The standard InChI is InChI=1S/C13H15N3O2/c1-2-5-12(6-3-1)13(17-7-4-8-18-13)9-16-11-14-10-15-16/h1-3,5-6,10-11H,4,7-9H2. The van der Waals surface area contributed by atoms with Crippen LogP contribution >= 0.6 is 0 Å². The van der Waals surface area contributed by atoms with Crippen molar-refractivity contribution in [1.82, 2.24) is 14.8 Å². The Labute approximate surface area is 105 Å². The molecule has 0 bridgehead atoms. The molecule has 2 heterocycles. The summed E-state index contributed by atoms with van der Waals surface area (Å²) in [5.41, 5.74) is 1.01. The summed E-state index contributed by atoms with van der Waals surface area (Å²) in [5, 5.41) is 4.13. The number of benzene rings is 1. The van der Waals surface area contributed by atoms with Crippen LogP contribution in [0.5, 0.6) is 0 Å². The van der Waals surface area contributed by atoms with E-state index in [-0.39, 0.29) is 0 Å². The van der Waals surface area contributed by atoms with Crippen molar-refractivity contribution < 1.29 is 9.47 Å². The number of aromatic nitrogens is 3. The second-order valence-electron chi connectivity index (χ2n) is 4.26. The fraction of sp³-hybridized carbons (Fsp3) is 0.385. The van der Waals surface area contributed by atoms with Crippen LogP contribution in [0.2, 0.25) is 0 Å². The van der Waals surface area contributed by atoms with E-state index in [9.17, 15) is 0 Å². The predicted octanol–water partition coefficient (Wildman–Crippen LogP) is 1.57. The quantitative estimate of drug-likeness (QED) is 0.823. The van der Waals surface area contributed by atoms with E-state index in [0.717, 1.165) is 12.0 Å². The van der Waals surface area contributed by atoms with Gasteiger partial charge >= 0.3 is 0 Å². The Hall–Kier alpha value is -1.72. The molecule has 5 nitrogen and oxygen atoms in total. The molecule has 1 aliphatic heterocycles. The minimum atomic E-state index is -0.743. The van der Waals surface area contributed by atoms with E-state index >= 15 is 0 Å². The number of ether oxygens (including phenoxy) is 2. The highest BCUT2D eigenvalue weighted by Crippen LogP contribution is 2.32. The van der Waals surface area contributed by atoms with Crippen molar-refractivity contribution in [3.63, 3.8) is 0 Å². The van der Waals surface area contributed by atoms with Gasteiger partial charge in [0.25, 0.3) is 0 Å². The van der Waals surface area contributed by atoms with Crippen LogP contribution in [0.4, 0.5) is 0 Å². The van der Waals surface area contributed by atoms with Crippen molar-refractivity contribution in [1.29, 1.82) is 0 Å². The lowest BCUT2D eigenvalue weighted by Crippen LogP contribution is -2.41. The normalized spacial score (nSPS) is 18.7. The molecule has 1 aromatic carbocycles. The van der Waals surface area contributed by atoms with Gasteiger partial charge in [0.2, 0.25) is 5.79 Å². The van der Waals surface area contributed by atoms with E-state index in [1.165, 1.54) is 6.33 Å². The van der Waals surface area contributed by atoms with E-state index < -0.39 is 5.79 Å². The molecular formula is C13H15N3O2. The molecule has 0 aliphatic carbocycles. The third-order valence-corrected chi connectivity index (χ3v) is 3.01. The second-order valence-corrected chi connectivity index (χ2v) is 4.26. The molecule has 1 aliphatic rings. The SMILES string of the molecule is c1ccc(C2(Cn3cncn3)OCCCO2)cc1. The van der Waals surface area contributed by atoms with E-state index in [2.05, 4.69) is 10.1 Å². The van der Waals surface area contributed by atoms with Crippen LogP contribution in [0.15, 0.2) is 43.0 Å². The maximum Gasteiger partial charge on any atom is 0.215 e. The molecule has 3 rings (SSSR count). The summed E-state index contributed by atoms with van der Waals surface area (Å²) in [6.07, 6.45) is 4.11. The summed E-state index contributed by atoms with van der Waals surface area (Å²) in [4.78, 5) is 3.95. The van der Waals surface area contributed by atoms with Crippen molar-refractivity contribution in [3.05, 3.63) is 48.5 Å². The van der Waals surface area contributed by atoms with Gasteiger partial charge in [-0.25, -0.2) is 9.67 Å². The lowest BCUT2D eigenvalue weighted by molar-refractivity contribution is -0.284. The molecule has 0 unspecified atom stereocenters. The van der Waals surface area contributed by atoms with Crippen molar-refractivity contribution in [2.24, 2.45) is 0 Å². The first-order valence-corrected chi connectivity index (χ1v) is 6.05. The molecule has 0 atom stereocenters. The number of hydrogen-bond donors (Lipinski definition) is 0. The molecule has 0 radical (unpaired) electrons. The smallest absolute Gasteiger partial charge is 0.215 e. The Kier molecular flexibility index (Phi) is 3.08. The lowest BCUT2D eigenvalue weighted by Gasteiger charge is -2.37. The zero-order valence-corrected chi connectivity index (χ0v) is 10.0. The van der Waals surface area contributed by atoms with E-state index in [4.69, 9.17) is 9.47 Å². The van der Waals surface area contributed by atoms with Gasteiger partial charge in [0.1, 0.15) is 19.2 Å². The minimum Gasteiger partial charge on any atom is -0.344 e. The van der Waals surface area contributed by atoms with Crippen molar-refractivity contribution in [2.45, 2.75) is 18.8 Å². The average Bonchev–Trinajstić information content (AvgIpc) is 2.94. The topological polar surface area (TPSA) is 49.2 Å². The molecule has 0 amide bonds. The molecule has 1 fully saturated rings. The highest BCUT2D eigenvalue weighted by atomic mass is 16.7. The average molecular weight is 245 g/mol. The Morgan fingerprint density at radius 2 is 1.94 bits per heavy atom.